The number of rotatable bonds is 6. The Morgan fingerprint density at radius 3 is 2.92 bits per heavy atom. The van der Waals surface area contributed by atoms with Gasteiger partial charge in [-0.1, -0.05) is 25.1 Å². The monoisotopic (exact) mass is 355 g/mol. The first-order valence-corrected chi connectivity index (χ1v) is 9.03. The Kier molecular flexibility index (Phi) is 5.19. The van der Waals surface area contributed by atoms with E-state index in [1.54, 1.807) is 7.11 Å². The average molecular weight is 355 g/mol. The summed E-state index contributed by atoms with van der Waals surface area (Å²) in [5, 5.41) is 3.38. The summed E-state index contributed by atoms with van der Waals surface area (Å²) in [6.45, 7) is 2.61. The third kappa shape index (κ3) is 3.74. The Balaban J connectivity index is 1.69. The zero-order valence-electron chi connectivity index (χ0n) is 14.3. The summed E-state index contributed by atoms with van der Waals surface area (Å²) in [5.41, 5.74) is 9.75. The van der Waals surface area contributed by atoms with Crippen LogP contribution in [0.1, 0.15) is 27.9 Å². The molecule has 25 heavy (non-hydrogen) atoms. The predicted octanol–water partition coefficient (Wildman–Crippen LogP) is 3.42. The maximum Gasteiger partial charge on any atom is 0.280 e. The van der Waals surface area contributed by atoms with Gasteiger partial charge in [0.25, 0.3) is 5.91 Å². The second-order valence-corrected chi connectivity index (χ2v) is 6.72. The molecule has 1 heterocycles. The third-order valence-corrected chi connectivity index (χ3v) is 5.17. The lowest BCUT2D eigenvalue weighted by Crippen LogP contribution is -2.25. The van der Waals surface area contributed by atoms with Gasteiger partial charge < -0.3 is 15.8 Å². The number of nitrogen functional groups attached to an aromatic ring is 1. The van der Waals surface area contributed by atoms with E-state index in [1.165, 1.54) is 11.3 Å². The minimum atomic E-state index is -0.162. The molecule has 0 aliphatic carbocycles. The van der Waals surface area contributed by atoms with E-state index in [2.05, 4.69) is 17.2 Å². The van der Waals surface area contributed by atoms with Gasteiger partial charge in [0.2, 0.25) is 0 Å². The van der Waals surface area contributed by atoms with Crippen molar-refractivity contribution in [2.45, 2.75) is 19.8 Å². The Labute approximate surface area is 150 Å². The van der Waals surface area contributed by atoms with Crippen molar-refractivity contribution in [1.82, 2.24) is 10.3 Å². The lowest BCUT2D eigenvalue weighted by Gasteiger charge is -2.05. The van der Waals surface area contributed by atoms with Crippen molar-refractivity contribution in [3.8, 4) is 5.75 Å². The molecular formula is C19H21N3O2S. The number of carbonyl (C=O) groups is 1. The van der Waals surface area contributed by atoms with Crippen molar-refractivity contribution in [2.24, 2.45) is 0 Å². The Hall–Kier alpha value is -2.60. The van der Waals surface area contributed by atoms with Crippen molar-refractivity contribution in [3.05, 3.63) is 52.5 Å². The standard InChI is InChI=1S/C19H21N3O2S/c1-3-13-7-8-15(20)17-16(13)22-19(25-17)18(23)21-10-9-12-5-4-6-14(11-12)24-2/h4-8,11H,3,9-10,20H2,1-2H3,(H,21,23). The summed E-state index contributed by atoms with van der Waals surface area (Å²) in [4.78, 5) is 16.9. The van der Waals surface area contributed by atoms with Crippen LogP contribution in [-0.4, -0.2) is 24.5 Å². The molecule has 0 unspecified atom stereocenters. The van der Waals surface area contributed by atoms with Crippen LogP contribution in [0.5, 0.6) is 5.75 Å². The summed E-state index contributed by atoms with van der Waals surface area (Å²) in [5.74, 6) is 0.656. The summed E-state index contributed by atoms with van der Waals surface area (Å²) >= 11 is 1.35. The van der Waals surface area contributed by atoms with Crippen molar-refractivity contribution < 1.29 is 9.53 Å². The predicted molar refractivity (Wildman–Crippen MR) is 102 cm³/mol. The van der Waals surface area contributed by atoms with Crippen LogP contribution >= 0.6 is 11.3 Å². The first-order chi connectivity index (χ1) is 12.1. The summed E-state index contributed by atoms with van der Waals surface area (Å²) in [7, 11) is 1.64. The normalized spacial score (nSPS) is 10.8. The van der Waals surface area contributed by atoms with Crippen molar-refractivity contribution in [1.29, 1.82) is 0 Å². The largest absolute Gasteiger partial charge is 0.497 e. The fraction of sp³-hybridized carbons (Fsp3) is 0.263. The number of fused-ring (bicyclic) bond motifs is 1. The maximum absolute atomic E-state index is 12.4. The molecule has 0 spiro atoms. The van der Waals surface area contributed by atoms with Gasteiger partial charge in [-0.15, -0.1) is 11.3 Å². The highest BCUT2D eigenvalue weighted by Gasteiger charge is 2.15. The van der Waals surface area contributed by atoms with Gasteiger partial charge >= 0.3 is 0 Å². The Bertz CT molecular complexity index is 905. The molecule has 0 saturated carbocycles. The Morgan fingerprint density at radius 2 is 2.16 bits per heavy atom. The lowest BCUT2D eigenvalue weighted by molar-refractivity contribution is 0.0954. The van der Waals surface area contributed by atoms with Gasteiger partial charge in [-0.3, -0.25) is 4.79 Å². The van der Waals surface area contributed by atoms with Crippen LogP contribution in [-0.2, 0) is 12.8 Å². The maximum atomic E-state index is 12.4. The van der Waals surface area contributed by atoms with Gasteiger partial charge in [0.15, 0.2) is 5.01 Å². The van der Waals surface area contributed by atoms with E-state index in [9.17, 15) is 4.79 Å². The second kappa shape index (κ2) is 7.53. The number of methoxy groups -OCH3 is 1. The zero-order valence-corrected chi connectivity index (χ0v) is 15.2. The molecule has 3 aromatic rings. The number of thiazole rings is 1. The minimum Gasteiger partial charge on any atom is -0.497 e. The summed E-state index contributed by atoms with van der Waals surface area (Å²) in [6, 6.07) is 11.7. The number of aromatic nitrogens is 1. The number of nitrogens with one attached hydrogen (secondary N) is 1. The molecule has 2 aromatic carbocycles. The van der Waals surface area contributed by atoms with Crippen LogP contribution in [0.2, 0.25) is 0 Å². The smallest absolute Gasteiger partial charge is 0.280 e. The van der Waals surface area contributed by atoms with Gasteiger partial charge in [0, 0.05) is 6.54 Å². The molecule has 5 nitrogen and oxygen atoms in total. The van der Waals surface area contributed by atoms with Crippen molar-refractivity contribution >= 4 is 33.1 Å². The molecule has 0 aliphatic heterocycles. The molecule has 3 N–H and O–H groups in total. The van der Waals surface area contributed by atoms with Crippen LogP contribution in [0.4, 0.5) is 5.69 Å². The highest BCUT2D eigenvalue weighted by molar-refractivity contribution is 7.20. The topological polar surface area (TPSA) is 77.2 Å². The molecule has 130 valence electrons. The number of amides is 1. The molecular weight excluding hydrogens is 334 g/mol. The van der Waals surface area contributed by atoms with Crippen LogP contribution in [0.15, 0.2) is 36.4 Å². The van der Waals surface area contributed by atoms with E-state index >= 15 is 0 Å². The summed E-state index contributed by atoms with van der Waals surface area (Å²) in [6.07, 6.45) is 1.59. The van der Waals surface area contributed by atoms with E-state index in [1.807, 2.05) is 36.4 Å². The molecule has 0 radical (unpaired) electrons. The quantitative estimate of drug-likeness (QED) is 0.664. The number of hydrogen-bond donors (Lipinski definition) is 2. The van der Waals surface area contributed by atoms with E-state index in [-0.39, 0.29) is 5.91 Å². The van der Waals surface area contributed by atoms with Crippen LogP contribution in [0.25, 0.3) is 10.2 Å². The number of nitrogens with zero attached hydrogens (tertiary/aromatic N) is 1. The Morgan fingerprint density at radius 1 is 1.32 bits per heavy atom. The van der Waals surface area contributed by atoms with E-state index in [0.29, 0.717) is 17.2 Å². The fourth-order valence-corrected chi connectivity index (χ4v) is 3.64. The molecule has 0 saturated heterocycles. The van der Waals surface area contributed by atoms with Crippen molar-refractivity contribution in [2.75, 3.05) is 19.4 Å². The molecule has 1 amide bonds. The third-order valence-electron chi connectivity index (χ3n) is 4.07. The number of aryl methyl sites for hydroxylation is 1. The highest BCUT2D eigenvalue weighted by Crippen LogP contribution is 2.30. The average Bonchev–Trinajstić information content (AvgIpc) is 3.09. The van der Waals surface area contributed by atoms with E-state index in [4.69, 9.17) is 10.5 Å². The minimum absolute atomic E-state index is 0.162. The molecule has 1 aromatic heterocycles. The van der Waals surface area contributed by atoms with Gasteiger partial charge in [-0.2, -0.15) is 0 Å². The number of hydrogen-bond acceptors (Lipinski definition) is 5. The van der Waals surface area contributed by atoms with Crippen LogP contribution in [0.3, 0.4) is 0 Å². The fourth-order valence-electron chi connectivity index (χ4n) is 2.68. The van der Waals surface area contributed by atoms with Gasteiger partial charge in [0.1, 0.15) is 5.75 Å². The van der Waals surface area contributed by atoms with Gasteiger partial charge in [-0.05, 0) is 42.2 Å². The molecule has 0 bridgehead atoms. The highest BCUT2D eigenvalue weighted by atomic mass is 32.1. The lowest BCUT2D eigenvalue weighted by atomic mass is 10.1. The van der Waals surface area contributed by atoms with Crippen LogP contribution in [0, 0.1) is 0 Å². The molecule has 6 heteroatoms. The SMILES string of the molecule is CCc1ccc(N)c2sc(C(=O)NCCc3cccc(OC)c3)nc12. The number of benzene rings is 2. The first-order valence-electron chi connectivity index (χ1n) is 8.21. The first kappa shape index (κ1) is 17.2. The molecule has 0 fully saturated rings. The zero-order chi connectivity index (χ0) is 17.8. The number of nitrogens with two attached hydrogens (primary N) is 1. The molecule has 0 aliphatic rings. The van der Waals surface area contributed by atoms with Gasteiger partial charge in [0.05, 0.1) is 23.0 Å². The number of carbonyl (C=O) groups excluding carboxylic acids is 1. The number of anilines is 1. The molecule has 3 rings (SSSR count). The summed E-state index contributed by atoms with van der Waals surface area (Å²) < 4.78 is 6.10. The van der Waals surface area contributed by atoms with Gasteiger partial charge in [-0.25, -0.2) is 4.98 Å². The second-order valence-electron chi connectivity index (χ2n) is 5.72. The van der Waals surface area contributed by atoms with E-state index < -0.39 is 0 Å². The van der Waals surface area contributed by atoms with Crippen LogP contribution < -0.4 is 15.8 Å². The number of ether oxygens (including phenoxy) is 1. The molecule has 0 atom stereocenters. The van der Waals surface area contributed by atoms with Crippen molar-refractivity contribution in [3.63, 3.8) is 0 Å². The van der Waals surface area contributed by atoms with E-state index in [0.717, 1.165) is 39.9 Å².